The number of aromatic nitrogens is 4. The van der Waals surface area contributed by atoms with Crippen LogP contribution in [-0.4, -0.2) is 26.1 Å². The van der Waals surface area contributed by atoms with Crippen molar-refractivity contribution >= 4 is 39.1 Å². The Morgan fingerprint density at radius 3 is 3.05 bits per heavy atom. The van der Waals surface area contributed by atoms with Crippen LogP contribution in [0, 0.1) is 0 Å². The van der Waals surface area contributed by atoms with E-state index in [2.05, 4.69) is 38.6 Å². The van der Waals surface area contributed by atoms with Gasteiger partial charge in [-0.05, 0) is 18.4 Å². The number of thioether (sulfide) groups is 1. The molecule has 1 N–H and O–H groups in total. The third-order valence-electron chi connectivity index (χ3n) is 2.82. The SMILES string of the molecule is CCNc1nc(CSc2nccn2C)nc2sccc12. The van der Waals surface area contributed by atoms with Gasteiger partial charge in [0.2, 0.25) is 0 Å². The molecule has 20 heavy (non-hydrogen) atoms. The van der Waals surface area contributed by atoms with Crippen molar-refractivity contribution < 1.29 is 0 Å². The van der Waals surface area contributed by atoms with Crippen LogP contribution in [0.5, 0.6) is 0 Å². The molecule has 0 aliphatic carbocycles. The number of anilines is 1. The topological polar surface area (TPSA) is 55.6 Å². The molecule has 0 atom stereocenters. The molecule has 0 aliphatic rings. The molecule has 0 aliphatic heterocycles. The third-order valence-corrected chi connectivity index (χ3v) is 4.68. The van der Waals surface area contributed by atoms with Crippen molar-refractivity contribution in [2.24, 2.45) is 7.05 Å². The molecule has 0 unspecified atom stereocenters. The minimum atomic E-state index is 0.719. The Morgan fingerprint density at radius 2 is 2.30 bits per heavy atom. The Morgan fingerprint density at radius 1 is 1.40 bits per heavy atom. The van der Waals surface area contributed by atoms with E-state index in [1.807, 2.05) is 17.8 Å². The van der Waals surface area contributed by atoms with E-state index in [0.717, 1.165) is 39.3 Å². The minimum absolute atomic E-state index is 0.719. The van der Waals surface area contributed by atoms with Crippen LogP contribution in [0.15, 0.2) is 29.0 Å². The van der Waals surface area contributed by atoms with Gasteiger partial charge in [0, 0.05) is 26.0 Å². The summed E-state index contributed by atoms with van der Waals surface area (Å²) in [6.07, 6.45) is 3.74. The largest absolute Gasteiger partial charge is 0.370 e. The maximum Gasteiger partial charge on any atom is 0.168 e. The van der Waals surface area contributed by atoms with Gasteiger partial charge >= 0.3 is 0 Å². The Kier molecular flexibility index (Phi) is 3.88. The quantitative estimate of drug-likeness (QED) is 0.734. The highest BCUT2D eigenvalue weighted by molar-refractivity contribution is 7.98. The van der Waals surface area contributed by atoms with Gasteiger partial charge in [0.25, 0.3) is 0 Å². The van der Waals surface area contributed by atoms with Gasteiger partial charge in [-0.15, -0.1) is 11.3 Å². The van der Waals surface area contributed by atoms with E-state index in [0.29, 0.717) is 0 Å². The van der Waals surface area contributed by atoms with Gasteiger partial charge in [0.15, 0.2) is 5.16 Å². The molecule has 0 saturated carbocycles. The molecule has 104 valence electrons. The lowest BCUT2D eigenvalue weighted by Gasteiger charge is -2.07. The molecule has 3 aromatic rings. The van der Waals surface area contributed by atoms with Gasteiger partial charge in [0.05, 0.1) is 11.1 Å². The Hall–Kier alpha value is -1.60. The van der Waals surface area contributed by atoms with E-state index in [1.165, 1.54) is 0 Å². The van der Waals surface area contributed by atoms with Crippen LogP contribution in [0.4, 0.5) is 5.82 Å². The van der Waals surface area contributed by atoms with Gasteiger partial charge in [0.1, 0.15) is 16.5 Å². The normalized spacial score (nSPS) is 11.1. The van der Waals surface area contributed by atoms with Gasteiger partial charge in [-0.2, -0.15) is 0 Å². The minimum Gasteiger partial charge on any atom is -0.370 e. The molecule has 0 saturated heterocycles. The van der Waals surface area contributed by atoms with Crippen LogP contribution in [0.25, 0.3) is 10.2 Å². The van der Waals surface area contributed by atoms with Crippen molar-refractivity contribution in [3.8, 4) is 0 Å². The van der Waals surface area contributed by atoms with E-state index in [-0.39, 0.29) is 0 Å². The summed E-state index contributed by atoms with van der Waals surface area (Å²) in [6, 6.07) is 2.06. The van der Waals surface area contributed by atoms with E-state index >= 15 is 0 Å². The van der Waals surface area contributed by atoms with Crippen molar-refractivity contribution in [2.45, 2.75) is 17.8 Å². The lowest BCUT2D eigenvalue weighted by molar-refractivity contribution is 0.789. The molecular weight excluding hydrogens is 290 g/mol. The molecule has 0 fully saturated rings. The fourth-order valence-electron chi connectivity index (χ4n) is 1.89. The smallest absolute Gasteiger partial charge is 0.168 e. The van der Waals surface area contributed by atoms with E-state index < -0.39 is 0 Å². The zero-order chi connectivity index (χ0) is 13.9. The van der Waals surface area contributed by atoms with Crippen LogP contribution in [0.2, 0.25) is 0 Å². The average molecular weight is 305 g/mol. The third kappa shape index (κ3) is 2.64. The molecule has 5 nitrogen and oxygen atoms in total. The van der Waals surface area contributed by atoms with Gasteiger partial charge < -0.3 is 9.88 Å². The molecule has 7 heteroatoms. The number of fused-ring (bicyclic) bond motifs is 1. The summed E-state index contributed by atoms with van der Waals surface area (Å²) in [5.41, 5.74) is 0. The Labute approximate surface area is 125 Å². The summed E-state index contributed by atoms with van der Waals surface area (Å²) in [5, 5.41) is 7.43. The molecule has 3 heterocycles. The lowest BCUT2D eigenvalue weighted by atomic mass is 10.3. The number of aryl methyl sites for hydroxylation is 1. The maximum absolute atomic E-state index is 4.62. The number of nitrogens with zero attached hydrogens (tertiary/aromatic N) is 4. The van der Waals surface area contributed by atoms with E-state index in [9.17, 15) is 0 Å². The molecule has 0 bridgehead atoms. The van der Waals surface area contributed by atoms with Crippen molar-refractivity contribution in [1.29, 1.82) is 0 Å². The predicted octanol–water partition coefficient (Wildman–Crippen LogP) is 3.15. The molecule has 0 amide bonds. The zero-order valence-corrected chi connectivity index (χ0v) is 13.0. The second-order valence-corrected chi connectivity index (χ2v) is 6.10. The average Bonchev–Trinajstić information content (AvgIpc) is 3.05. The summed E-state index contributed by atoms with van der Waals surface area (Å²) < 4.78 is 2.00. The first kappa shape index (κ1) is 13.4. The van der Waals surface area contributed by atoms with Crippen LogP contribution >= 0.6 is 23.1 Å². The monoisotopic (exact) mass is 305 g/mol. The van der Waals surface area contributed by atoms with Gasteiger partial charge in [-0.25, -0.2) is 15.0 Å². The van der Waals surface area contributed by atoms with Crippen molar-refractivity contribution in [3.63, 3.8) is 0 Å². The van der Waals surface area contributed by atoms with Crippen molar-refractivity contribution in [2.75, 3.05) is 11.9 Å². The molecule has 0 spiro atoms. The van der Waals surface area contributed by atoms with Crippen LogP contribution < -0.4 is 5.32 Å². The van der Waals surface area contributed by atoms with Crippen LogP contribution in [-0.2, 0) is 12.8 Å². The van der Waals surface area contributed by atoms with E-state index in [4.69, 9.17) is 0 Å². The second-order valence-electron chi connectivity index (χ2n) is 4.27. The number of nitrogens with one attached hydrogen (secondary N) is 1. The van der Waals surface area contributed by atoms with Gasteiger partial charge in [-0.1, -0.05) is 11.8 Å². The Bertz CT molecular complexity index is 718. The summed E-state index contributed by atoms with van der Waals surface area (Å²) in [4.78, 5) is 14.6. The fraction of sp³-hybridized carbons (Fsp3) is 0.308. The molecule has 3 rings (SSSR count). The second kappa shape index (κ2) is 5.80. The number of rotatable bonds is 5. The fourth-order valence-corrected chi connectivity index (χ4v) is 3.46. The molecule has 3 aromatic heterocycles. The number of thiophene rings is 1. The standard InChI is InChI=1S/C13H15N5S2/c1-3-14-11-9-4-7-19-12(9)17-10(16-11)8-20-13-15-5-6-18(13)2/h4-7H,3,8H2,1-2H3,(H,14,16,17). The summed E-state index contributed by atoms with van der Waals surface area (Å²) in [6.45, 7) is 2.93. The Balaban J connectivity index is 1.85. The van der Waals surface area contributed by atoms with E-state index in [1.54, 1.807) is 29.3 Å². The predicted molar refractivity (Wildman–Crippen MR) is 84.3 cm³/mol. The van der Waals surface area contributed by atoms with Crippen LogP contribution in [0.1, 0.15) is 12.7 Å². The highest BCUT2D eigenvalue weighted by Crippen LogP contribution is 2.27. The first-order valence-electron chi connectivity index (χ1n) is 6.36. The molecule has 0 radical (unpaired) electrons. The first-order chi connectivity index (χ1) is 9.78. The first-order valence-corrected chi connectivity index (χ1v) is 8.22. The summed E-state index contributed by atoms with van der Waals surface area (Å²) in [5.74, 6) is 2.48. The van der Waals surface area contributed by atoms with Gasteiger partial charge in [-0.3, -0.25) is 0 Å². The number of hydrogen-bond donors (Lipinski definition) is 1. The number of hydrogen-bond acceptors (Lipinski definition) is 6. The van der Waals surface area contributed by atoms with Crippen molar-refractivity contribution in [1.82, 2.24) is 19.5 Å². The van der Waals surface area contributed by atoms with Crippen molar-refractivity contribution in [3.05, 3.63) is 29.7 Å². The zero-order valence-electron chi connectivity index (χ0n) is 11.3. The summed E-state index contributed by atoms with van der Waals surface area (Å²) >= 11 is 3.30. The lowest BCUT2D eigenvalue weighted by Crippen LogP contribution is -2.03. The highest BCUT2D eigenvalue weighted by atomic mass is 32.2. The molecule has 0 aromatic carbocycles. The number of imidazole rings is 1. The summed E-state index contributed by atoms with van der Waals surface area (Å²) in [7, 11) is 1.99. The highest BCUT2D eigenvalue weighted by Gasteiger charge is 2.09. The van der Waals surface area contributed by atoms with Crippen LogP contribution in [0.3, 0.4) is 0 Å². The molecular formula is C13H15N5S2. The maximum atomic E-state index is 4.62.